The Bertz CT molecular complexity index is 404. The third-order valence-corrected chi connectivity index (χ3v) is 3.86. The fraction of sp³-hybridized carbons (Fsp3) is 0.600. The molecular weight excluding hydrogens is 264 g/mol. The molecule has 0 saturated heterocycles. The van der Waals surface area contributed by atoms with Gasteiger partial charge in [0.25, 0.3) is 0 Å². The van der Waals surface area contributed by atoms with E-state index in [9.17, 15) is 0 Å². The fourth-order valence-electron chi connectivity index (χ4n) is 2.20. The van der Waals surface area contributed by atoms with E-state index < -0.39 is 0 Å². The zero-order chi connectivity index (χ0) is 13.7. The van der Waals surface area contributed by atoms with Gasteiger partial charge in [-0.25, -0.2) is 0 Å². The van der Waals surface area contributed by atoms with E-state index in [1.165, 1.54) is 5.56 Å². The summed E-state index contributed by atoms with van der Waals surface area (Å²) in [7, 11) is 0. The number of halogens is 1. The molecule has 1 aromatic carbocycles. The van der Waals surface area contributed by atoms with Crippen LogP contribution in [0, 0.1) is 13.8 Å². The van der Waals surface area contributed by atoms with Gasteiger partial charge in [0, 0.05) is 10.6 Å². The third kappa shape index (κ3) is 3.58. The number of aryl methyl sites for hydroxylation is 1. The van der Waals surface area contributed by atoms with Crippen LogP contribution in [-0.2, 0) is 0 Å². The van der Waals surface area contributed by atoms with Crippen LogP contribution in [0.1, 0.15) is 49.3 Å². The van der Waals surface area contributed by atoms with E-state index in [-0.39, 0.29) is 0 Å². The summed E-state index contributed by atoms with van der Waals surface area (Å²) < 4.78 is 5.94. The number of hydrogen-bond acceptors (Lipinski definition) is 2. The fourth-order valence-corrected chi connectivity index (χ4v) is 2.86. The number of benzene rings is 1. The molecule has 0 heterocycles. The molecule has 1 aromatic rings. The Morgan fingerprint density at radius 3 is 2.61 bits per heavy atom. The average molecular weight is 287 g/mol. The molecule has 1 nitrogen and oxygen atoms in total. The predicted octanol–water partition coefficient (Wildman–Crippen LogP) is 5.17. The van der Waals surface area contributed by atoms with Crippen molar-refractivity contribution in [3.05, 3.63) is 27.8 Å². The molecule has 0 radical (unpaired) electrons. The Balaban J connectivity index is 3.23. The van der Waals surface area contributed by atoms with E-state index in [4.69, 9.17) is 16.3 Å². The quantitative estimate of drug-likeness (QED) is 0.710. The molecule has 1 rings (SSSR count). The van der Waals surface area contributed by atoms with Crippen molar-refractivity contribution >= 4 is 24.2 Å². The minimum Gasteiger partial charge on any atom is -0.493 e. The predicted molar refractivity (Wildman–Crippen MR) is 83.6 cm³/mol. The average Bonchev–Trinajstić information content (AvgIpc) is 2.32. The lowest BCUT2D eigenvalue weighted by Crippen LogP contribution is -2.07. The summed E-state index contributed by atoms with van der Waals surface area (Å²) >= 11 is 10.6. The Kier molecular flexibility index (Phi) is 6.37. The molecule has 0 aliphatic heterocycles. The first-order valence-electron chi connectivity index (χ1n) is 6.56. The van der Waals surface area contributed by atoms with Crippen molar-refractivity contribution in [3.8, 4) is 5.75 Å². The van der Waals surface area contributed by atoms with E-state index in [2.05, 4.69) is 40.3 Å². The van der Waals surface area contributed by atoms with Crippen LogP contribution in [0.2, 0.25) is 5.02 Å². The van der Waals surface area contributed by atoms with Crippen LogP contribution in [0.5, 0.6) is 5.75 Å². The summed E-state index contributed by atoms with van der Waals surface area (Å²) in [5.41, 5.74) is 3.52. The Morgan fingerprint density at radius 1 is 1.39 bits per heavy atom. The maximum Gasteiger partial charge on any atom is 0.126 e. The minimum absolute atomic E-state index is 0.423. The highest BCUT2D eigenvalue weighted by atomic mass is 35.5. The summed E-state index contributed by atoms with van der Waals surface area (Å²) in [6.45, 7) is 9.22. The number of thiol groups is 1. The van der Waals surface area contributed by atoms with E-state index in [1.807, 2.05) is 6.07 Å². The van der Waals surface area contributed by atoms with Crippen LogP contribution in [-0.4, -0.2) is 12.4 Å². The normalized spacial score (nSPS) is 12.6. The topological polar surface area (TPSA) is 9.23 Å². The van der Waals surface area contributed by atoms with Crippen molar-refractivity contribution in [2.45, 2.75) is 46.5 Å². The van der Waals surface area contributed by atoms with E-state index in [0.29, 0.717) is 5.92 Å². The van der Waals surface area contributed by atoms with Crippen molar-refractivity contribution in [2.75, 3.05) is 12.4 Å². The van der Waals surface area contributed by atoms with Gasteiger partial charge in [0.2, 0.25) is 0 Å². The van der Waals surface area contributed by atoms with Crippen LogP contribution in [0.15, 0.2) is 6.07 Å². The molecule has 0 fully saturated rings. The molecule has 1 atom stereocenters. The van der Waals surface area contributed by atoms with Gasteiger partial charge in [-0.05, 0) is 55.6 Å². The highest BCUT2D eigenvalue weighted by Crippen LogP contribution is 2.38. The summed E-state index contributed by atoms with van der Waals surface area (Å²) in [6, 6.07) is 2.00. The Labute approximate surface area is 121 Å². The van der Waals surface area contributed by atoms with Gasteiger partial charge in [-0.2, -0.15) is 12.6 Å². The summed E-state index contributed by atoms with van der Waals surface area (Å²) in [6.07, 6.45) is 2.05. The Morgan fingerprint density at radius 2 is 2.06 bits per heavy atom. The van der Waals surface area contributed by atoms with Crippen molar-refractivity contribution in [3.63, 3.8) is 0 Å². The molecule has 102 valence electrons. The summed E-state index contributed by atoms with van der Waals surface area (Å²) in [4.78, 5) is 0. The number of ether oxygens (including phenoxy) is 1. The largest absolute Gasteiger partial charge is 0.493 e. The maximum absolute atomic E-state index is 6.29. The monoisotopic (exact) mass is 286 g/mol. The minimum atomic E-state index is 0.423. The first-order chi connectivity index (χ1) is 8.52. The second-order valence-corrected chi connectivity index (χ2v) is 5.66. The zero-order valence-corrected chi connectivity index (χ0v) is 13.4. The van der Waals surface area contributed by atoms with Crippen molar-refractivity contribution in [1.29, 1.82) is 0 Å². The van der Waals surface area contributed by atoms with Gasteiger partial charge in [0.05, 0.1) is 6.61 Å². The maximum atomic E-state index is 6.29. The lowest BCUT2D eigenvalue weighted by molar-refractivity contribution is 0.310. The molecule has 0 amide bonds. The van der Waals surface area contributed by atoms with Gasteiger partial charge in [-0.15, -0.1) is 0 Å². The van der Waals surface area contributed by atoms with Gasteiger partial charge in [-0.1, -0.05) is 25.4 Å². The van der Waals surface area contributed by atoms with E-state index in [1.54, 1.807) is 0 Å². The molecule has 1 unspecified atom stereocenters. The SMILES string of the molecule is CCCOc1c(C)cc(Cl)c(C)c1C(C)CCS. The van der Waals surface area contributed by atoms with Crippen LogP contribution >= 0.6 is 24.2 Å². The van der Waals surface area contributed by atoms with Crippen LogP contribution < -0.4 is 4.74 Å². The lowest BCUT2D eigenvalue weighted by Gasteiger charge is -2.22. The van der Waals surface area contributed by atoms with Crippen molar-refractivity contribution < 1.29 is 4.74 Å². The second-order valence-electron chi connectivity index (χ2n) is 4.80. The van der Waals surface area contributed by atoms with Gasteiger partial charge in [0.1, 0.15) is 5.75 Å². The highest BCUT2D eigenvalue weighted by Gasteiger charge is 2.18. The smallest absolute Gasteiger partial charge is 0.126 e. The molecule has 0 aromatic heterocycles. The van der Waals surface area contributed by atoms with Gasteiger partial charge < -0.3 is 4.74 Å². The van der Waals surface area contributed by atoms with Crippen LogP contribution in [0.3, 0.4) is 0 Å². The summed E-state index contributed by atoms with van der Waals surface area (Å²) in [5, 5.41) is 0.831. The van der Waals surface area contributed by atoms with Gasteiger partial charge in [0.15, 0.2) is 0 Å². The number of hydrogen-bond donors (Lipinski definition) is 1. The first-order valence-corrected chi connectivity index (χ1v) is 7.57. The lowest BCUT2D eigenvalue weighted by atomic mass is 9.91. The third-order valence-electron chi connectivity index (χ3n) is 3.21. The highest BCUT2D eigenvalue weighted by molar-refractivity contribution is 7.80. The summed E-state index contributed by atoms with van der Waals surface area (Å²) in [5.74, 6) is 2.32. The molecule has 0 N–H and O–H groups in total. The Hall–Kier alpha value is -0.340. The molecule has 0 spiro atoms. The molecule has 0 aliphatic rings. The van der Waals surface area contributed by atoms with Crippen LogP contribution in [0.25, 0.3) is 0 Å². The van der Waals surface area contributed by atoms with Crippen molar-refractivity contribution in [1.82, 2.24) is 0 Å². The van der Waals surface area contributed by atoms with Crippen molar-refractivity contribution in [2.24, 2.45) is 0 Å². The molecule has 3 heteroatoms. The zero-order valence-electron chi connectivity index (χ0n) is 11.7. The van der Waals surface area contributed by atoms with Gasteiger partial charge >= 0.3 is 0 Å². The van der Waals surface area contributed by atoms with Crippen LogP contribution in [0.4, 0.5) is 0 Å². The number of rotatable bonds is 6. The molecule has 0 saturated carbocycles. The molecule has 0 aliphatic carbocycles. The molecular formula is C15H23ClOS. The van der Waals surface area contributed by atoms with Gasteiger partial charge in [-0.3, -0.25) is 0 Å². The van der Waals surface area contributed by atoms with E-state index in [0.717, 1.165) is 47.1 Å². The first kappa shape index (κ1) is 15.7. The van der Waals surface area contributed by atoms with E-state index >= 15 is 0 Å². The molecule has 0 bridgehead atoms. The standard InChI is InChI=1S/C15H23ClOS/c1-5-7-17-15-11(3)9-13(16)12(4)14(15)10(2)6-8-18/h9-10,18H,5-8H2,1-4H3. The second kappa shape index (κ2) is 7.30. The molecule has 18 heavy (non-hydrogen) atoms.